The molecule has 0 saturated heterocycles. The van der Waals surface area contributed by atoms with Crippen LogP contribution in [0.5, 0.6) is 0 Å². The average molecular weight is 259 g/mol. The first-order chi connectivity index (χ1) is 8.36. The number of isothiocyanates is 1. The molecule has 0 aromatic heterocycles. The van der Waals surface area contributed by atoms with Gasteiger partial charge in [-0.3, -0.25) is 0 Å². The lowest BCUT2D eigenvalue weighted by molar-refractivity contribution is 1.38. The Balaban J connectivity index is 0.000000437. The number of hydrogen-bond acceptors (Lipinski definition) is 3. The van der Waals surface area contributed by atoms with Crippen LogP contribution in [0.1, 0.15) is 5.56 Å². The molecule has 2 aromatic carbocycles. The van der Waals surface area contributed by atoms with Crippen molar-refractivity contribution in [2.75, 3.05) is 0 Å². The fourth-order valence-corrected chi connectivity index (χ4v) is 2.13. The van der Waals surface area contributed by atoms with Crippen molar-refractivity contribution in [2.45, 2.75) is 10.6 Å². The largest absolute Gasteiger partial charge is 0.248 e. The third-order valence-corrected chi connectivity index (χ3v) is 3.07. The highest BCUT2D eigenvalue weighted by molar-refractivity contribution is 7.98. The molecule has 0 fully saturated rings. The zero-order valence-corrected chi connectivity index (χ0v) is 10.9. The Kier molecular flexibility index (Phi) is 6.99. The lowest BCUT2D eigenvalue weighted by Crippen LogP contribution is -1.78. The number of rotatable bonds is 3. The number of thiocarbonyl (C=S) groups is 1. The summed E-state index contributed by atoms with van der Waals surface area (Å²) in [5.74, 6) is 1.05. The highest BCUT2D eigenvalue weighted by Gasteiger charge is 1.93. The quantitative estimate of drug-likeness (QED) is 0.493. The molecule has 3 heteroatoms. The Morgan fingerprint density at radius 2 is 1.41 bits per heavy atom. The summed E-state index contributed by atoms with van der Waals surface area (Å²) in [6.45, 7) is 0. The van der Waals surface area contributed by atoms with Crippen LogP contribution in [-0.4, -0.2) is 5.16 Å². The van der Waals surface area contributed by atoms with Crippen molar-refractivity contribution in [2.24, 2.45) is 0 Å². The monoisotopic (exact) mass is 259 g/mol. The molecule has 2 rings (SSSR count). The third-order valence-electron chi connectivity index (χ3n) is 1.99. The summed E-state index contributed by atoms with van der Waals surface area (Å²) in [7, 11) is 0. The van der Waals surface area contributed by atoms with Gasteiger partial charge in [0, 0.05) is 10.6 Å². The minimum absolute atomic E-state index is 1.05. The molecule has 1 nitrogen and oxygen atoms in total. The fraction of sp³-hybridized carbons (Fsp3) is 0.0714. The van der Waals surface area contributed by atoms with Crippen molar-refractivity contribution >= 4 is 29.1 Å². The Morgan fingerprint density at radius 3 is 1.94 bits per heavy atom. The van der Waals surface area contributed by atoms with E-state index in [1.165, 1.54) is 10.5 Å². The molecule has 0 saturated carbocycles. The fourth-order valence-electron chi connectivity index (χ4n) is 1.26. The molecular weight excluding hydrogens is 246 g/mol. The van der Waals surface area contributed by atoms with Crippen molar-refractivity contribution < 1.29 is 0 Å². The normalized spacial score (nSPS) is 8.71. The lowest BCUT2D eigenvalue weighted by Gasteiger charge is -2.00. The first-order valence-corrected chi connectivity index (χ1v) is 6.52. The molecule has 2 aromatic rings. The van der Waals surface area contributed by atoms with Crippen molar-refractivity contribution in [3.63, 3.8) is 0 Å². The zero-order valence-electron chi connectivity index (χ0n) is 9.30. The molecule has 0 spiro atoms. The van der Waals surface area contributed by atoms with E-state index < -0.39 is 0 Å². The molecule has 1 N–H and O–H groups in total. The maximum atomic E-state index is 5.77. The van der Waals surface area contributed by atoms with E-state index in [1.807, 2.05) is 17.8 Å². The maximum absolute atomic E-state index is 5.77. The van der Waals surface area contributed by atoms with Gasteiger partial charge in [-0.15, -0.1) is 11.8 Å². The molecule has 17 heavy (non-hydrogen) atoms. The molecule has 0 radical (unpaired) electrons. The molecular formula is C14H13NS2. The van der Waals surface area contributed by atoms with E-state index in [0.29, 0.717) is 0 Å². The Labute approximate surface area is 111 Å². The van der Waals surface area contributed by atoms with E-state index in [1.54, 1.807) is 5.16 Å². The van der Waals surface area contributed by atoms with Crippen LogP contribution in [0, 0.1) is 5.41 Å². The average Bonchev–Trinajstić information content (AvgIpc) is 2.40. The molecule has 0 atom stereocenters. The van der Waals surface area contributed by atoms with E-state index in [9.17, 15) is 0 Å². The number of nitrogens with one attached hydrogen (secondary N) is 1. The van der Waals surface area contributed by atoms with Gasteiger partial charge in [-0.1, -0.05) is 48.5 Å². The first kappa shape index (κ1) is 13.7. The van der Waals surface area contributed by atoms with Crippen molar-refractivity contribution in [1.29, 1.82) is 5.41 Å². The van der Waals surface area contributed by atoms with E-state index in [2.05, 4.69) is 66.8 Å². The van der Waals surface area contributed by atoms with Gasteiger partial charge in [-0.05, 0) is 29.9 Å². The molecule has 86 valence electrons. The Morgan fingerprint density at radius 1 is 0.941 bits per heavy atom. The summed E-state index contributed by atoms with van der Waals surface area (Å²) >= 11 is 5.68. The van der Waals surface area contributed by atoms with Crippen LogP contribution < -0.4 is 0 Å². The number of benzene rings is 2. The van der Waals surface area contributed by atoms with Gasteiger partial charge >= 0.3 is 0 Å². The van der Waals surface area contributed by atoms with Gasteiger partial charge in [0.2, 0.25) is 0 Å². The van der Waals surface area contributed by atoms with Crippen LogP contribution in [0.2, 0.25) is 0 Å². The summed E-state index contributed by atoms with van der Waals surface area (Å²) in [5, 5.41) is 7.36. The van der Waals surface area contributed by atoms with Crippen molar-refractivity contribution in [1.82, 2.24) is 0 Å². The van der Waals surface area contributed by atoms with Crippen LogP contribution >= 0.6 is 24.0 Å². The molecule has 0 unspecified atom stereocenters. The van der Waals surface area contributed by atoms with Crippen LogP contribution in [0.4, 0.5) is 0 Å². The summed E-state index contributed by atoms with van der Waals surface area (Å²) in [6.07, 6.45) is 0. The van der Waals surface area contributed by atoms with Gasteiger partial charge in [0.15, 0.2) is 0 Å². The molecule has 0 heterocycles. The van der Waals surface area contributed by atoms with Crippen molar-refractivity contribution in [3.8, 4) is 0 Å². The summed E-state index contributed by atoms with van der Waals surface area (Å²) in [6, 6.07) is 21.0. The van der Waals surface area contributed by atoms with E-state index in [-0.39, 0.29) is 0 Å². The third kappa shape index (κ3) is 6.03. The number of hydrogen-bond donors (Lipinski definition) is 1. The Bertz CT molecular complexity index is 409. The second kappa shape index (κ2) is 8.71. The van der Waals surface area contributed by atoms with E-state index in [4.69, 9.17) is 5.41 Å². The lowest BCUT2D eigenvalue weighted by atomic mass is 10.2. The van der Waals surface area contributed by atoms with Gasteiger partial charge < -0.3 is 0 Å². The smallest absolute Gasteiger partial charge is 0.0554 e. The minimum atomic E-state index is 1.05. The van der Waals surface area contributed by atoms with Gasteiger partial charge in [-0.2, -0.15) is 0 Å². The second-order valence-electron chi connectivity index (χ2n) is 3.19. The molecule has 0 aliphatic carbocycles. The number of thioether (sulfide) groups is 1. The van der Waals surface area contributed by atoms with Crippen LogP contribution in [-0.2, 0) is 5.75 Å². The van der Waals surface area contributed by atoms with Gasteiger partial charge in [-0.25, -0.2) is 5.41 Å². The van der Waals surface area contributed by atoms with E-state index >= 15 is 0 Å². The topological polar surface area (TPSA) is 23.9 Å². The van der Waals surface area contributed by atoms with Crippen LogP contribution in [0.15, 0.2) is 65.6 Å². The van der Waals surface area contributed by atoms with Gasteiger partial charge in [0.05, 0.1) is 5.16 Å². The summed E-state index contributed by atoms with van der Waals surface area (Å²) in [4.78, 5) is 1.33. The van der Waals surface area contributed by atoms with Crippen LogP contribution in [0.3, 0.4) is 0 Å². The predicted molar refractivity (Wildman–Crippen MR) is 77.8 cm³/mol. The highest BCUT2D eigenvalue weighted by atomic mass is 32.2. The van der Waals surface area contributed by atoms with Crippen molar-refractivity contribution in [3.05, 3.63) is 66.2 Å². The zero-order chi connectivity index (χ0) is 12.3. The first-order valence-electron chi connectivity index (χ1n) is 5.12. The Hall–Kier alpha value is -1.41. The molecule has 0 aliphatic rings. The molecule has 0 aliphatic heterocycles. The summed E-state index contributed by atoms with van der Waals surface area (Å²) < 4.78 is 0. The standard InChI is InChI=1S/C13H12S.CHNS/c1-3-7-12(8-4-1)11-14-13-9-5-2-6-10-13;2-1-3/h1-10H,11H2;2H. The second-order valence-corrected chi connectivity index (χ2v) is 4.44. The summed E-state index contributed by atoms with van der Waals surface area (Å²) in [5.41, 5.74) is 1.38. The highest BCUT2D eigenvalue weighted by Crippen LogP contribution is 2.21. The van der Waals surface area contributed by atoms with Crippen LogP contribution in [0.25, 0.3) is 0 Å². The predicted octanol–water partition coefficient (Wildman–Crippen LogP) is 4.65. The molecule has 0 bridgehead atoms. The SMILES string of the molecule is N=C=S.c1ccc(CSc2ccccc2)cc1. The van der Waals surface area contributed by atoms with Gasteiger partial charge in [0.25, 0.3) is 0 Å². The van der Waals surface area contributed by atoms with E-state index in [0.717, 1.165) is 5.75 Å². The minimum Gasteiger partial charge on any atom is -0.248 e. The van der Waals surface area contributed by atoms with Gasteiger partial charge in [0.1, 0.15) is 0 Å². The maximum Gasteiger partial charge on any atom is 0.0554 e. The molecule has 0 amide bonds.